The first-order valence-corrected chi connectivity index (χ1v) is 11.8. The molecule has 2 aromatic carbocycles. The summed E-state index contributed by atoms with van der Waals surface area (Å²) in [5.41, 5.74) is 2.89. The van der Waals surface area contributed by atoms with Crippen molar-refractivity contribution in [1.82, 2.24) is 15.4 Å². The van der Waals surface area contributed by atoms with Crippen LogP contribution in [0.15, 0.2) is 59.6 Å². The molecule has 0 bridgehead atoms. The van der Waals surface area contributed by atoms with Crippen molar-refractivity contribution < 1.29 is 8.42 Å². The van der Waals surface area contributed by atoms with E-state index in [9.17, 15) is 8.42 Å². The van der Waals surface area contributed by atoms with Crippen molar-refractivity contribution in [3.05, 3.63) is 71.3 Å². The first kappa shape index (κ1) is 23.9. The molecule has 0 saturated heterocycles. The highest BCUT2D eigenvalue weighted by Gasteiger charge is 2.21. The van der Waals surface area contributed by atoms with Crippen LogP contribution in [0.25, 0.3) is 0 Å². The van der Waals surface area contributed by atoms with Crippen LogP contribution < -0.4 is 15.4 Å². The summed E-state index contributed by atoms with van der Waals surface area (Å²) in [5, 5.41) is 6.68. The fourth-order valence-electron chi connectivity index (χ4n) is 3.17. The third kappa shape index (κ3) is 7.46. The lowest BCUT2D eigenvalue weighted by molar-refractivity contribution is 0.508. The lowest BCUT2D eigenvalue weighted by Gasteiger charge is -2.27. The van der Waals surface area contributed by atoms with E-state index in [1.54, 1.807) is 7.05 Å². The summed E-state index contributed by atoms with van der Waals surface area (Å²) in [6, 6.07) is 17.8. The molecule has 0 radical (unpaired) electrons. The largest absolute Gasteiger partial charge is 0.356 e. The van der Waals surface area contributed by atoms with Crippen LogP contribution in [0, 0.1) is 0 Å². The summed E-state index contributed by atoms with van der Waals surface area (Å²) in [4.78, 5) is 4.31. The van der Waals surface area contributed by atoms with Gasteiger partial charge in [-0.15, -0.1) is 0 Å². The van der Waals surface area contributed by atoms with E-state index in [4.69, 9.17) is 0 Å². The van der Waals surface area contributed by atoms with Gasteiger partial charge in [0.2, 0.25) is 10.0 Å². The molecule has 0 aliphatic heterocycles. The Morgan fingerprint density at radius 2 is 1.57 bits per heavy atom. The summed E-state index contributed by atoms with van der Waals surface area (Å²) < 4.78 is 27.3. The average Bonchev–Trinajstić information content (AvgIpc) is 2.68. The molecule has 7 heteroatoms. The highest BCUT2D eigenvalue weighted by Crippen LogP contribution is 2.21. The predicted molar refractivity (Wildman–Crippen MR) is 125 cm³/mol. The molecule has 0 fully saturated rings. The van der Waals surface area contributed by atoms with Gasteiger partial charge in [0.05, 0.1) is 5.75 Å². The summed E-state index contributed by atoms with van der Waals surface area (Å²) in [7, 11) is -1.65. The minimum Gasteiger partial charge on any atom is -0.356 e. The van der Waals surface area contributed by atoms with Crippen LogP contribution in [-0.2, 0) is 27.7 Å². The van der Waals surface area contributed by atoms with Gasteiger partial charge in [-0.25, -0.2) is 13.1 Å². The number of nitrogens with zero attached hydrogens (tertiary/aromatic N) is 1. The zero-order valence-corrected chi connectivity index (χ0v) is 19.4. The lowest BCUT2D eigenvalue weighted by atomic mass is 9.85. The van der Waals surface area contributed by atoms with Crippen molar-refractivity contribution in [2.45, 2.75) is 51.4 Å². The second-order valence-corrected chi connectivity index (χ2v) is 10.1. The van der Waals surface area contributed by atoms with Crippen molar-refractivity contribution in [3.63, 3.8) is 0 Å². The molecule has 30 heavy (non-hydrogen) atoms. The standard InChI is InChI=1S/C23H34N4O2S/c1-18(2)27-30(28,29)16-20-12-10-9-11-19(20)15-25-22(24-5)26-17-23(3,4)21-13-7-6-8-14-21/h6-14,18,27H,15-17H2,1-5H3,(H2,24,25,26). The SMILES string of the molecule is CN=C(NCc1ccccc1CS(=O)(=O)NC(C)C)NCC(C)(C)c1ccccc1. The minimum absolute atomic E-state index is 0.0455. The normalized spacial score (nSPS) is 12.8. The monoisotopic (exact) mass is 430 g/mol. The van der Waals surface area contributed by atoms with Gasteiger partial charge in [-0.2, -0.15) is 0 Å². The zero-order valence-electron chi connectivity index (χ0n) is 18.6. The van der Waals surface area contributed by atoms with Gasteiger partial charge in [-0.1, -0.05) is 68.4 Å². The Morgan fingerprint density at radius 3 is 2.17 bits per heavy atom. The smallest absolute Gasteiger partial charge is 0.216 e. The van der Waals surface area contributed by atoms with E-state index in [2.05, 4.69) is 46.3 Å². The molecule has 6 nitrogen and oxygen atoms in total. The van der Waals surface area contributed by atoms with E-state index < -0.39 is 10.0 Å². The predicted octanol–water partition coefficient (Wildman–Crippen LogP) is 3.16. The van der Waals surface area contributed by atoms with Crippen LogP contribution in [0.1, 0.15) is 44.4 Å². The number of hydrogen-bond donors (Lipinski definition) is 3. The van der Waals surface area contributed by atoms with E-state index in [1.165, 1.54) is 5.56 Å². The number of hydrogen-bond acceptors (Lipinski definition) is 3. The third-order valence-corrected chi connectivity index (χ3v) is 6.32. The quantitative estimate of drug-likeness (QED) is 0.422. The number of sulfonamides is 1. The number of nitrogens with one attached hydrogen (secondary N) is 3. The molecule has 0 saturated carbocycles. The first-order chi connectivity index (χ1) is 14.1. The molecular formula is C23H34N4O2S. The van der Waals surface area contributed by atoms with Crippen LogP contribution in [-0.4, -0.2) is 34.0 Å². The van der Waals surface area contributed by atoms with Crippen LogP contribution in [0.5, 0.6) is 0 Å². The Morgan fingerprint density at radius 1 is 0.967 bits per heavy atom. The van der Waals surface area contributed by atoms with Gasteiger partial charge in [-0.3, -0.25) is 4.99 Å². The topological polar surface area (TPSA) is 82.6 Å². The second-order valence-electron chi connectivity index (χ2n) is 8.33. The number of guanidine groups is 1. The van der Waals surface area contributed by atoms with Crippen LogP contribution in [0.3, 0.4) is 0 Å². The van der Waals surface area contributed by atoms with Gasteiger partial charge in [-0.05, 0) is 30.5 Å². The molecule has 0 unspecified atom stereocenters. The molecule has 2 aromatic rings. The van der Waals surface area contributed by atoms with E-state index in [1.807, 2.05) is 56.3 Å². The van der Waals surface area contributed by atoms with E-state index >= 15 is 0 Å². The fourth-order valence-corrected chi connectivity index (χ4v) is 4.66. The number of aliphatic imine (C=N–C) groups is 1. The second kappa shape index (κ2) is 10.6. The Labute approximate surface area is 181 Å². The van der Waals surface area contributed by atoms with Gasteiger partial charge < -0.3 is 10.6 Å². The highest BCUT2D eigenvalue weighted by molar-refractivity contribution is 7.88. The average molecular weight is 431 g/mol. The molecule has 0 heterocycles. The molecule has 0 atom stereocenters. The van der Waals surface area contributed by atoms with Crippen molar-refractivity contribution in [2.24, 2.45) is 4.99 Å². The molecular weight excluding hydrogens is 396 g/mol. The first-order valence-electron chi connectivity index (χ1n) is 10.2. The molecule has 0 amide bonds. The van der Waals surface area contributed by atoms with Crippen molar-refractivity contribution in [1.29, 1.82) is 0 Å². The zero-order chi connectivity index (χ0) is 22.2. The molecule has 164 valence electrons. The van der Waals surface area contributed by atoms with Crippen LogP contribution in [0.2, 0.25) is 0 Å². The Balaban J connectivity index is 2.00. The number of benzene rings is 2. The molecule has 0 spiro atoms. The minimum atomic E-state index is -3.38. The Kier molecular flexibility index (Phi) is 8.43. The maximum Gasteiger partial charge on any atom is 0.216 e. The summed E-state index contributed by atoms with van der Waals surface area (Å²) >= 11 is 0. The fraction of sp³-hybridized carbons (Fsp3) is 0.435. The van der Waals surface area contributed by atoms with Crippen molar-refractivity contribution in [3.8, 4) is 0 Å². The van der Waals surface area contributed by atoms with Crippen LogP contribution >= 0.6 is 0 Å². The molecule has 0 aliphatic carbocycles. The molecule has 3 N–H and O–H groups in total. The maximum absolute atomic E-state index is 12.3. The van der Waals surface area contributed by atoms with Crippen LogP contribution in [0.4, 0.5) is 0 Å². The molecule has 0 aliphatic rings. The van der Waals surface area contributed by atoms with Crippen molar-refractivity contribution in [2.75, 3.05) is 13.6 Å². The van der Waals surface area contributed by atoms with E-state index in [0.717, 1.165) is 11.1 Å². The third-order valence-electron chi connectivity index (χ3n) is 4.80. The van der Waals surface area contributed by atoms with Gasteiger partial charge >= 0.3 is 0 Å². The Bertz CT molecular complexity index is 939. The van der Waals surface area contributed by atoms with Crippen molar-refractivity contribution >= 4 is 16.0 Å². The summed E-state index contributed by atoms with van der Waals surface area (Å²) in [5.74, 6) is 0.632. The summed E-state index contributed by atoms with van der Waals surface area (Å²) in [6.07, 6.45) is 0. The van der Waals surface area contributed by atoms with Gasteiger partial charge in [0.25, 0.3) is 0 Å². The lowest BCUT2D eigenvalue weighted by Crippen LogP contribution is -2.43. The van der Waals surface area contributed by atoms with E-state index in [-0.39, 0.29) is 17.2 Å². The maximum atomic E-state index is 12.3. The van der Waals surface area contributed by atoms with Gasteiger partial charge in [0.1, 0.15) is 0 Å². The van der Waals surface area contributed by atoms with Gasteiger partial charge in [0.15, 0.2) is 5.96 Å². The molecule has 2 rings (SSSR count). The van der Waals surface area contributed by atoms with E-state index in [0.29, 0.717) is 19.0 Å². The number of rotatable bonds is 9. The highest BCUT2D eigenvalue weighted by atomic mass is 32.2. The molecule has 0 aromatic heterocycles. The summed E-state index contributed by atoms with van der Waals surface area (Å²) in [6.45, 7) is 9.20. The van der Waals surface area contributed by atoms with Gasteiger partial charge in [0, 0.05) is 31.6 Å². The Hall–Kier alpha value is -2.38.